The van der Waals surface area contributed by atoms with Crippen LogP contribution in [0.2, 0.25) is 0 Å². The standard InChI is InChI=1S/C24H42N6.HI/c1-5-28-14-16-29(17-15-28)19-22-8-6-21(7-9-22)18-26-24(25-4)27-23-10-12-30(13-11-23)20(2)3;/h6-9,20,23H,5,10-19H2,1-4H3,(H2,25,26,27);1H. The Hall–Kier alpha value is -0.900. The largest absolute Gasteiger partial charge is 0.354 e. The van der Waals surface area contributed by atoms with Gasteiger partial charge in [0.25, 0.3) is 0 Å². The average Bonchev–Trinajstić information content (AvgIpc) is 2.78. The molecule has 1 aromatic rings. The second-order valence-electron chi connectivity index (χ2n) is 9.00. The van der Waals surface area contributed by atoms with Crippen LogP contribution >= 0.6 is 24.0 Å². The number of hydrogen-bond donors (Lipinski definition) is 2. The smallest absolute Gasteiger partial charge is 0.191 e. The quantitative estimate of drug-likeness (QED) is 0.315. The minimum absolute atomic E-state index is 0. The van der Waals surface area contributed by atoms with E-state index in [-0.39, 0.29) is 24.0 Å². The third kappa shape index (κ3) is 8.51. The molecule has 0 unspecified atom stereocenters. The van der Waals surface area contributed by atoms with Crippen molar-refractivity contribution in [2.45, 2.75) is 58.8 Å². The molecule has 2 aliphatic heterocycles. The minimum atomic E-state index is 0. The van der Waals surface area contributed by atoms with E-state index in [1.54, 1.807) is 0 Å². The van der Waals surface area contributed by atoms with Gasteiger partial charge in [-0.3, -0.25) is 9.89 Å². The average molecular weight is 543 g/mol. The maximum absolute atomic E-state index is 4.43. The number of guanidine groups is 1. The van der Waals surface area contributed by atoms with Gasteiger partial charge in [-0.15, -0.1) is 24.0 Å². The molecule has 1 aromatic carbocycles. The highest BCUT2D eigenvalue weighted by molar-refractivity contribution is 14.0. The van der Waals surface area contributed by atoms with Crippen molar-refractivity contribution in [1.29, 1.82) is 0 Å². The van der Waals surface area contributed by atoms with Crippen LogP contribution in [0.5, 0.6) is 0 Å². The van der Waals surface area contributed by atoms with Gasteiger partial charge in [0, 0.05) is 71.5 Å². The molecule has 0 bridgehead atoms. The molecule has 2 N–H and O–H groups in total. The third-order valence-corrected chi connectivity index (χ3v) is 6.63. The van der Waals surface area contributed by atoms with Gasteiger partial charge in [-0.1, -0.05) is 31.2 Å². The van der Waals surface area contributed by atoms with E-state index in [1.165, 1.54) is 69.8 Å². The topological polar surface area (TPSA) is 46.1 Å². The van der Waals surface area contributed by atoms with Crippen LogP contribution in [0.3, 0.4) is 0 Å². The van der Waals surface area contributed by atoms with Crippen LogP contribution in [0.15, 0.2) is 29.3 Å². The van der Waals surface area contributed by atoms with Gasteiger partial charge in [0.1, 0.15) is 0 Å². The summed E-state index contributed by atoms with van der Waals surface area (Å²) in [6.07, 6.45) is 2.36. The van der Waals surface area contributed by atoms with Crippen molar-refractivity contribution in [3.05, 3.63) is 35.4 Å². The van der Waals surface area contributed by atoms with Gasteiger partial charge >= 0.3 is 0 Å². The van der Waals surface area contributed by atoms with Gasteiger partial charge in [-0.05, 0) is 44.4 Å². The summed E-state index contributed by atoms with van der Waals surface area (Å²) in [5, 5.41) is 7.10. The highest BCUT2D eigenvalue weighted by Gasteiger charge is 2.21. The zero-order chi connectivity index (χ0) is 21.3. The lowest BCUT2D eigenvalue weighted by atomic mass is 10.0. The minimum Gasteiger partial charge on any atom is -0.354 e. The van der Waals surface area contributed by atoms with Crippen LogP contribution in [0.4, 0.5) is 0 Å². The lowest BCUT2D eigenvalue weighted by molar-refractivity contribution is 0.132. The van der Waals surface area contributed by atoms with Crippen LogP contribution in [0.1, 0.15) is 44.7 Å². The molecule has 0 atom stereocenters. The maximum atomic E-state index is 4.43. The van der Waals surface area contributed by atoms with E-state index in [0.717, 1.165) is 19.0 Å². The number of nitrogens with zero attached hydrogens (tertiary/aromatic N) is 4. The number of piperazine rings is 1. The molecule has 0 saturated carbocycles. The first-order chi connectivity index (χ1) is 14.6. The van der Waals surface area contributed by atoms with E-state index in [1.807, 2.05) is 7.05 Å². The Bertz CT molecular complexity index is 647. The molecule has 6 nitrogen and oxygen atoms in total. The lowest BCUT2D eigenvalue weighted by Gasteiger charge is -2.35. The normalized spacial score (nSPS) is 20.0. The number of likely N-dealkylation sites (tertiary alicyclic amines) is 1. The highest BCUT2D eigenvalue weighted by Crippen LogP contribution is 2.13. The predicted octanol–water partition coefficient (Wildman–Crippen LogP) is 2.98. The summed E-state index contributed by atoms with van der Waals surface area (Å²) >= 11 is 0. The monoisotopic (exact) mass is 542 g/mol. The number of aliphatic imine (C=N–C) groups is 1. The first kappa shape index (κ1) is 26.4. The second kappa shape index (κ2) is 13.6. The van der Waals surface area contributed by atoms with Crippen molar-refractivity contribution in [1.82, 2.24) is 25.3 Å². The summed E-state index contributed by atoms with van der Waals surface area (Å²) < 4.78 is 0. The summed E-state index contributed by atoms with van der Waals surface area (Å²) in [5.41, 5.74) is 2.70. The van der Waals surface area contributed by atoms with E-state index in [4.69, 9.17) is 0 Å². The molecule has 7 heteroatoms. The molecular formula is C24H43IN6. The van der Waals surface area contributed by atoms with Crippen LogP contribution in [0, 0.1) is 0 Å². The van der Waals surface area contributed by atoms with E-state index >= 15 is 0 Å². The van der Waals surface area contributed by atoms with Crippen molar-refractivity contribution >= 4 is 29.9 Å². The molecule has 2 fully saturated rings. The molecule has 3 rings (SSSR count). The molecule has 0 aromatic heterocycles. The molecule has 0 radical (unpaired) electrons. The zero-order valence-electron chi connectivity index (χ0n) is 19.9. The van der Waals surface area contributed by atoms with Gasteiger partial charge in [0.05, 0.1) is 0 Å². The summed E-state index contributed by atoms with van der Waals surface area (Å²) in [6, 6.07) is 10.2. The summed E-state index contributed by atoms with van der Waals surface area (Å²) in [5.74, 6) is 0.913. The Morgan fingerprint density at radius 2 is 1.55 bits per heavy atom. The van der Waals surface area contributed by atoms with Crippen molar-refractivity contribution in [2.75, 3.05) is 52.9 Å². The molecule has 2 aliphatic rings. The fourth-order valence-electron chi connectivity index (χ4n) is 4.42. The molecular weight excluding hydrogens is 499 g/mol. The fourth-order valence-corrected chi connectivity index (χ4v) is 4.42. The van der Waals surface area contributed by atoms with Gasteiger partial charge in [-0.2, -0.15) is 0 Å². The SMILES string of the molecule is CCN1CCN(Cc2ccc(CNC(=NC)NC3CCN(C(C)C)CC3)cc2)CC1.I. The fraction of sp³-hybridized carbons (Fsp3) is 0.708. The molecule has 0 spiro atoms. The summed E-state index contributed by atoms with van der Waals surface area (Å²) in [7, 11) is 1.86. The number of hydrogen-bond acceptors (Lipinski definition) is 4. The van der Waals surface area contributed by atoms with Crippen molar-refractivity contribution in [2.24, 2.45) is 4.99 Å². The number of piperidine rings is 1. The predicted molar refractivity (Wildman–Crippen MR) is 142 cm³/mol. The Morgan fingerprint density at radius 3 is 2.10 bits per heavy atom. The van der Waals surface area contributed by atoms with Crippen molar-refractivity contribution < 1.29 is 0 Å². The lowest BCUT2D eigenvalue weighted by Crippen LogP contribution is -2.49. The van der Waals surface area contributed by atoms with Crippen molar-refractivity contribution in [3.63, 3.8) is 0 Å². The van der Waals surface area contributed by atoms with Gasteiger partial charge in [-0.25, -0.2) is 0 Å². The highest BCUT2D eigenvalue weighted by atomic mass is 127. The van der Waals surface area contributed by atoms with Crippen LogP contribution in [-0.4, -0.2) is 85.6 Å². The molecule has 2 heterocycles. The maximum Gasteiger partial charge on any atom is 0.191 e. The summed E-state index contributed by atoms with van der Waals surface area (Å²) in [4.78, 5) is 12.1. The number of rotatable bonds is 7. The van der Waals surface area contributed by atoms with E-state index in [0.29, 0.717) is 12.1 Å². The number of likely N-dealkylation sites (N-methyl/N-ethyl adjacent to an activating group) is 1. The Balaban J connectivity index is 0.00000341. The molecule has 0 aliphatic carbocycles. The zero-order valence-corrected chi connectivity index (χ0v) is 22.3. The molecule has 31 heavy (non-hydrogen) atoms. The third-order valence-electron chi connectivity index (χ3n) is 6.63. The number of nitrogens with one attached hydrogen (secondary N) is 2. The Kier molecular flexibility index (Phi) is 11.6. The van der Waals surface area contributed by atoms with Crippen molar-refractivity contribution in [3.8, 4) is 0 Å². The molecule has 0 amide bonds. The molecule has 2 saturated heterocycles. The van der Waals surface area contributed by atoms with E-state index in [9.17, 15) is 0 Å². The molecule has 176 valence electrons. The first-order valence-electron chi connectivity index (χ1n) is 11.8. The van der Waals surface area contributed by atoms with Gasteiger partial charge in [0.2, 0.25) is 0 Å². The number of halogens is 1. The first-order valence-corrected chi connectivity index (χ1v) is 11.8. The van der Waals surface area contributed by atoms with Crippen LogP contribution in [0.25, 0.3) is 0 Å². The van der Waals surface area contributed by atoms with Crippen LogP contribution < -0.4 is 10.6 Å². The van der Waals surface area contributed by atoms with E-state index < -0.39 is 0 Å². The number of benzene rings is 1. The van der Waals surface area contributed by atoms with Crippen LogP contribution in [-0.2, 0) is 13.1 Å². The Morgan fingerprint density at radius 1 is 0.968 bits per heavy atom. The van der Waals surface area contributed by atoms with E-state index in [2.05, 4.69) is 75.4 Å². The second-order valence-corrected chi connectivity index (χ2v) is 9.00. The Labute approximate surface area is 206 Å². The van der Waals surface area contributed by atoms with Gasteiger partial charge in [0.15, 0.2) is 5.96 Å². The van der Waals surface area contributed by atoms with Gasteiger partial charge < -0.3 is 20.4 Å². The summed E-state index contributed by atoms with van der Waals surface area (Å²) in [6.45, 7) is 16.9.